The van der Waals surface area contributed by atoms with Gasteiger partial charge in [0.1, 0.15) is 5.82 Å². The van der Waals surface area contributed by atoms with Gasteiger partial charge in [0.05, 0.1) is 18.9 Å². The highest BCUT2D eigenvalue weighted by molar-refractivity contribution is 7.99. The second kappa shape index (κ2) is 10.7. The third-order valence-electron chi connectivity index (χ3n) is 4.33. The zero-order chi connectivity index (χ0) is 18.9. The van der Waals surface area contributed by atoms with E-state index in [1.54, 1.807) is 12.1 Å². The first kappa shape index (κ1) is 21.0. The van der Waals surface area contributed by atoms with Crippen LogP contribution in [0.5, 0.6) is 0 Å². The number of rotatable bonds is 9. The van der Waals surface area contributed by atoms with Crippen LogP contribution in [0.2, 0.25) is 5.02 Å². The van der Waals surface area contributed by atoms with E-state index in [0.717, 1.165) is 25.9 Å². The maximum Gasteiger partial charge on any atom is 0.315 e. The van der Waals surface area contributed by atoms with Gasteiger partial charge >= 0.3 is 5.97 Å². The van der Waals surface area contributed by atoms with Crippen LogP contribution in [0.15, 0.2) is 18.2 Å². The Bertz CT molecular complexity index is 606. The van der Waals surface area contributed by atoms with Crippen molar-refractivity contribution < 1.29 is 18.7 Å². The van der Waals surface area contributed by atoms with E-state index in [-0.39, 0.29) is 29.5 Å². The van der Waals surface area contributed by atoms with Crippen LogP contribution in [0.25, 0.3) is 0 Å². The van der Waals surface area contributed by atoms with Crippen molar-refractivity contribution in [2.24, 2.45) is 0 Å². The number of nitrogens with one attached hydrogen (secondary N) is 1. The lowest BCUT2D eigenvalue weighted by Gasteiger charge is -2.29. The van der Waals surface area contributed by atoms with Crippen LogP contribution < -0.4 is 5.32 Å². The molecule has 0 aliphatic carbocycles. The molecule has 1 aromatic carbocycles. The molecule has 144 valence electrons. The average molecular weight is 403 g/mol. The minimum Gasteiger partial charge on any atom is -0.468 e. The molecular formula is C18H24ClFN2O3S. The molecule has 8 heteroatoms. The van der Waals surface area contributed by atoms with Crippen molar-refractivity contribution in [3.8, 4) is 0 Å². The number of methoxy groups -OCH3 is 1. The van der Waals surface area contributed by atoms with Crippen molar-refractivity contribution in [2.75, 3.05) is 38.2 Å². The summed E-state index contributed by atoms with van der Waals surface area (Å²) in [4.78, 5) is 25.3. The molecule has 1 unspecified atom stereocenters. The van der Waals surface area contributed by atoms with E-state index in [4.69, 9.17) is 11.6 Å². The topological polar surface area (TPSA) is 58.6 Å². The van der Waals surface area contributed by atoms with Crippen molar-refractivity contribution in [3.05, 3.63) is 34.6 Å². The Kier molecular flexibility index (Phi) is 8.68. The smallest absolute Gasteiger partial charge is 0.315 e. The Morgan fingerprint density at radius 1 is 1.38 bits per heavy atom. The minimum atomic E-state index is -0.350. The number of hydrogen-bond acceptors (Lipinski definition) is 5. The van der Waals surface area contributed by atoms with Crippen LogP contribution in [-0.4, -0.2) is 55.0 Å². The van der Waals surface area contributed by atoms with E-state index in [1.807, 2.05) is 0 Å². The second-order valence-corrected chi connectivity index (χ2v) is 7.59. The summed E-state index contributed by atoms with van der Waals surface area (Å²) in [5, 5.41) is 3.26. The van der Waals surface area contributed by atoms with Crippen molar-refractivity contribution in [1.82, 2.24) is 10.2 Å². The molecule has 26 heavy (non-hydrogen) atoms. The normalized spacial score (nSPS) is 15.7. The fraction of sp³-hybridized carbons (Fsp3) is 0.556. The highest BCUT2D eigenvalue weighted by atomic mass is 35.5. The summed E-state index contributed by atoms with van der Waals surface area (Å²) in [6.07, 6.45) is 2.40. The van der Waals surface area contributed by atoms with Crippen LogP contribution >= 0.6 is 23.4 Å². The number of nitrogens with zero attached hydrogens (tertiary/aromatic N) is 1. The first-order chi connectivity index (χ1) is 12.5. The van der Waals surface area contributed by atoms with Gasteiger partial charge in [-0.3, -0.25) is 14.5 Å². The van der Waals surface area contributed by atoms with Crippen LogP contribution in [0.1, 0.15) is 30.9 Å². The van der Waals surface area contributed by atoms with Crippen LogP contribution in [-0.2, 0) is 14.3 Å². The van der Waals surface area contributed by atoms with E-state index < -0.39 is 0 Å². The Hall–Kier alpha value is -1.31. The summed E-state index contributed by atoms with van der Waals surface area (Å²) in [5.41, 5.74) is 0.441. The largest absolute Gasteiger partial charge is 0.468 e. The van der Waals surface area contributed by atoms with Gasteiger partial charge < -0.3 is 10.1 Å². The molecule has 1 aromatic rings. The fourth-order valence-corrected chi connectivity index (χ4v) is 4.02. The van der Waals surface area contributed by atoms with Crippen LogP contribution in [0, 0.1) is 5.82 Å². The number of esters is 1. The SMILES string of the molecule is COC(=O)CSCCC(=O)NCC(c1c(F)cccc1Cl)N1CCCC1. The zero-order valence-corrected chi connectivity index (χ0v) is 16.4. The van der Waals surface area contributed by atoms with Gasteiger partial charge in [-0.2, -0.15) is 0 Å². The van der Waals surface area contributed by atoms with Gasteiger partial charge in [0.2, 0.25) is 5.91 Å². The lowest BCUT2D eigenvalue weighted by molar-refractivity contribution is -0.137. The predicted octanol–water partition coefficient (Wildman–Crippen LogP) is 3.03. The highest BCUT2D eigenvalue weighted by Gasteiger charge is 2.28. The van der Waals surface area contributed by atoms with Gasteiger partial charge in [0.25, 0.3) is 0 Å². The first-order valence-corrected chi connectivity index (χ1v) is 10.2. The monoisotopic (exact) mass is 402 g/mol. The molecule has 0 spiro atoms. The van der Waals surface area contributed by atoms with Crippen molar-refractivity contribution in [1.29, 1.82) is 0 Å². The fourth-order valence-electron chi connectivity index (χ4n) is 2.97. The van der Waals surface area contributed by atoms with Crippen LogP contribution in [0.3, 0.4) is 0 Å². The second-order valence-electron chi connectivity index (χ2n) is 6.08. The van der Waals surface area contributed by atoms with Crippen molar-refractivity contribution in [2.45, 2.75) is 25.3 Å². The van der Waals surface area contributed by atoms with Gasteiger partial charge in [-0.1, -0.05) is 17.7 Å². The maximum absolute atomic E-state index is 14.4. The summed E-state index contributed by atoms with van der Waals surface area (Å²) in [5.74, 6) is -0.0316. The van der Waals surface area contributed by atoms with Crippen molar-refractivity contribution in [3.63, 3.8) is 0 Å². The minimum absolute atomic E-state index is 0.126. The number of benzene rings is 1. The number of carbonyl (C=O) groups is 2. The first-order valence-electron chi connectivity index (χ1n) is 8.62. The van der Waals surface area contributed by atoms with Gasteiger partial charge in [0.15, 0.2) is 0 Å². The quantitative estimate of drug-likeness (QED) is 0.508. The number of amides is 1. The molecule has 0 bridgehead atoms. The molecule has 2 rings (SSSR count). The molecule has 1 N–H and O–H groups in total. The Labute approximate surface area is 162 Å². The highest BCUT2D eigenvalue weighted by Crippen LogP contribution is 2.31. The third kappa shape index (κ3) is 6.14. The number of hydrogen-bond donors (Lipinski definition) is 1. The van der Waals surface area contributed by atoms with Crippen molar-refractivity contribution >= 4 is 35.2 Å². The standard InChI is InChI=1S/C18H24ClFN2O3S/c1-25-17(24)12-26-10-7-16(23)21-11-15(22-8-2-3-9-22)18-13(19)5-4-6-14(18)20/h4-6,15H,2-3,7-12H2,1H3,(H,21,23). The summed E-state index contributed by atoms with van der Waals surface area (Å²) < 4.78 is 18.9. The molecule has 5 nitrogen and oxygen atoms in total. The summed E-state index contributed by atoms with van der Waals surface area (Å²) in [6, 6.07) is 4.38. The molecule has 1 fully saturated rings. The zero-order valence-electron chi connectivity index (χ0n) is 14.8. The number of ether oxygens (including phenoxy) is 1. The Morgan fingerprint density at radius 3 is 2.77 bits per heavy atom. The van der Waals surface area contributed by atoms with E-state index in [9.17, 15) is 14.0 Å². The summed E-state index contributed by atoms with van der Waals surface area (Å²) in [6.45, 7) is 2.03. The Balaban J connectivity index is 1.91. The molecule has 0 saturated carbocycles. The van der Waals surface area contributed by atoms with Gasteiger partial charge in [-0.15, -0.1) is 11.8 Å². The summed E-state index contributed by atoms with van der Waals surface area (Å²) >= 11 is 7.59. The molecule has 1 amide bonds. The lowest BCUT2D eigenvalue weighted by Crippen LogP contribution is -2.37. The molecule has 1 heterocycles. The number of thioether (sulfide) groups is 1. The number of likely N-dealkylation sites (tertiary alicyclic amines) is 1. The van der Waals surface area contributed by atoms with Gasteiger partial charge in [0, 0.05) is 29.3 Å². The lowest BCUT2D eigenvalue weighted by atomic mass is 10.0. The molecule has 1 saturated heterocycles. The molecular weight excluding hydrogens is 379 g/mol. The summed E-state index contributed by atoms with van der Waals surface area (Å²) in [7, 11) is 1.34. The number of carbonyl (C=O) groups excluding carboxylic acids is 2. The van der Waals surface area contributed by atoms with E-state index in [2.05, 4.69) is 15.0 Å². The average Bonchev–Trinajstić information content (AvgIpc) is 3.15. The van der Waals surface area contributed by atoms with E-state index >= 15 is 0 Å². The Morgan fingerprint density at radius 2 is 2.12 bits per heavy atom. The van der Waals surface area contributed by atoms with Gasteiger partial charge in [-0.25, -0.2) is 4.39 Å². The molecule has 0 radical (unpaired) electrons. The van der Waals surface area contributed by atoms with E-state index in [0.29, 0.717) is 29.3 Å². The molecule has 1 atom stereocenters. The molecule has 0 aromatic heterocycles. The molecule has 1 aliphatic rings. The maximum atomic E-state index is 14.4. The number of halogens is 2. The van der Waals surface area contributed by atoms with E-state index in [1.165, 1.54) is 24.9 Å². The predicted molar refractivity (Wildman–Crippen MR) is 102 cm³/mol. The van der Waals surface area contributed by atoms with Gasteiger partial charge in [-0.05, 0) is 38.1 Å². The third-order valence-corrected chi connectivity index (χ3v) is 5.59. The van der Waals surface area contributed by atoms with Crippen LogP contribution in [0.4, 0.5) is 4.39 Å². The molecule has 1 aliphatic heterocycles.